The molecule has 0 aliphatic rings. The zero-order chi connectivity index (χ0) is 20.1. The third-order valence-corrected chi connectivity index (χ3v) is 4.18. The van der Waals surface area contributed by atoms with Crippen LogP contribution >= 0.6 is 15.9 Å². The van der Waals surface area contributed by atoms with Gasteiger partial charge in [0.15, 0.2) is 10.4 Å². The van der Waals surface area contributed by atoms with E-state index in [1.807, 2.05) is 6.92 Å². The number of carbonyl (C=O) groups excluding carboxylic acids is 2. The number of anilines is 2. The number of aromatic nitrogens is 2. The van der Waals surface area contributed by atoms with Gasteiger partial charge in [-0.25, -0.2) is 4.68 Å². The number of furan rings is 1. The smallest absolute Gasteiger partial charge is 0.291 e. The van der Waals surface area contributed by atoms with Crippen LogP contribution < -0.4 is 10.6 Å². The normalized spacial score (nSPS) is 10.3. The Morgan fingerprint density at radius 1 is 1.21 bits per heavy atom. The van der Waals surface area contributed by atoms with Gasteiger partial charge in [-0.15, -0.1) is 0 Å². The van der Waals surface area contributed by atoms with E-state index < -0.39 is 5.91 Å². The Kier molecular flexibility index (Phi) is 5.91. The maximum atomic E-state index is 12.6. The number of hydrogen-bond acceptors (Lipinski definition) is 5. The summed E-state index contributed by atoms with van der Waals surface area (Å²) in [5.41, 5.74) is 1.56. The van der Waals surface area contributed by atoms with Gasteiger partial charge in [-0.05, 0) is 53.2 Å². The van der Waals surface area contributed by atoms with Gasteiger partial charge in [-0.1, -0.05) is 6.07 Å². The van der Waals surface area contributed by atoms with Crippen molar-refractivity contribution < 1.29 is 14.0 Å². The molecule has 142 valence electrons. The molecule has 0 fully saturated rings. The molecule has 0 spiro atoms. The lowest BCUT2D eigenvalue weighted by molar-refractivity contribution is 0.0992. The molecule has 0 saturated heterocycles. The molecule has 9 heteroatoms. The molecule has 3 rings (SSSR count). The fourth-order valence-electron chi connectivity index (χ4n) is 2.53. The van der Waals surface area contributed by atoms with Gasteiger partial charge >= 0.3 is 0 Å². The lowest BCUT2D eigenvalue weighted by Gasteiger charge is -2.09. The zero-order valence-electron chi connectivity index (χ0n) is 14.9. The lowest BCUT2D eigenvalue weighted by Crippen LogP contribution is -2.16. The van der Waals surface area contributed by atoms with Crippen molar-refractivity contribution in [2.24, 2.45) is 0 Å². The molecule has 0 unspecified atom stereocenters. The SMILES string of the molecule is Cc1cc(NC(=O)c2cccc(NC(=O)c3ccc(Br)o3)c2)n(CCC#N)n1. The molecule has 1 aromatic carbocycles. The van der Waals surface area contributed by atoms with Crippen LogP contribution in [0.1, 0.15) is 33.0 Å². The van der Waals surface area contributed by atoms with E-state index in [2.05, 4.69) is 37.7 Å². The van der Waals surface area contributed by atoms with Crippen LogP contribution in [-0.4, -0.2) is 21.6 Å². The number of halogens is 1. The van der Waals surface area contributed by atoms with Gasteiger partial charge in [-0.3, -0.25) is 9.59 Å². The predicted molar refractivity (Wildman–Crippen MR) is 106 cm³/mol. The Hall–Kier alpha value is -3.38. The van der Waals surface area contributed by atoms with Crippen LogP contribution in [0.25, 0.3) is 0 Å². The molecular formula is C19H16BrN5O3. The van der Waals surface area contributed by atoms with Crippen molar-refractivity contribution in [2.45, 2.75) is 19.9 Å². The first-order valence-electron chi connectivity index (χ1n) is 8.36. The van der Waals surface area contributed by atoms with Gasteiger partial charge in [0.25, 0.3) is 11.8 Å². The van der Waals surface area contributed by atoms with Crippen molar-refractivity contribution >= 4 is 39.2 Å². The summed E-state index contributed by atoms with van der Waals surface area (Å²) in [6.07, 6.45) is 0.286. The number of amides is 2. The minimum absolute atomic E-state index is 0.151. The molecule has 2 N–H and O–H groups in total. The molecule has 0 atom stereocenters. The van der Waals surface area contributed by atoms with Gasteiger partial charge in [-0.2, -0.15) is 10.4 Å². The molecule has 2 aromatic heterocycles. The van der Waals surface area contributed by atoms with Gasteiger partial charge in [0, 0.05) is 17.3 Å². The first kappa shape index (κ1) is 19.4. The second-order valence-electron chi connectivity index (χ2n) is 5.90. The third kappa shape index (κ3) is 4.66. The van der Waals surface area contributed by atoms with Crippen molar-refractivity contribution in [1.82, 2.24) is 9.78 Å². The monoisotopic (exact) mass is 441 g/mol. The average Bonchev–Trinajstić information content (AvgIpc) is 3.25. The molecule has 0 aliphatic carbocycles. The maximum Gasteiger partial charge on any atom is 0.291 e. The van der Waals surface area contributed by atoms with Crippen LogP contribution in [0.2, 0.25) is 0 Å². The lowest BCUT2D eigenvalue weighted by atomic mass is 10.2. The largest absolute Gasteiger partial charge is 0.444 e. The van der Waals surface area contributed by atoms with Gasteiger partial charge in [0.1, 0.15) is 5.82 Å². The summed E-state index contributed by atoms with van der Waals surface area (Å²) < 4.78 is 7.25. The topological polar surface area (TPSA) is 113 Å². The molecule has 0 aliphatic heterocycles. The van der Waals surface area contributed by atoms with Crippen LogP contribution in [-0.2, 0) is 6.54 Å². The number of rotatable bonds is 6. The standard InChI is InChI=1S/C19H16BrN5O3/c1-12-10-17(25(24-12)9-3-8-21)23-18(26)13-4-2-5-14(11-13)22-19(27)15-6-7-16(20)28-15/h2,4-7,10-11H,3,9H2,1H3,(H,22,27)(H,23,26). The van der Waals surface area contributed by atoms with E-state index in [1.54, 1.807) is 47.1 Å². The van der Waals surface area contributed by atoms with Crippen molar-refractivity contribution in [2.75, 3.05) is 10.6 Å². The van der Waals surface area contributed by atoms with Gasteiger partial charge < -0.3 is 15.1 Å². The molecule has 28 heavy (non-hydrogen) atoms. The summed E-state index contributed by atoms with van der Waals surface area (Å²) >= 11 is 3.15. The van der Waals surface area contributed by atoms with Crippen molar-refractivity contribution in [3.63, 3.8) is 0 Å². The number of hydrogen-bond donors (Lipinski definition) is 2. The Labute approximate surface area is 169 Å². The Morgan fingerprint density at radius 3 is 2.75 bits per heavy atom. The van der Waals surface area contributed by atoms with Crippen LogP contribution in [0.5, 0.6) is 0 Å². The molecule has 3 aromatic rings. The van der Waals surface area contributed by atoms with Crippen LogP contribution in [0, 0.1) is 18.3 Å². The summed E-state index contributed by atoms with van der Waals surface area (Å²) in [6, 6.07) is 13.5. The highest BCUT2D eigenvalue weighted by Crippen LogP contribution is 2.18. The molecule has 0 radical (unpaired) electrons. The quantitative estimate of drug-likeness (QED) is 0.600. The second kappa shape index (κ2) is 8.54. The summed E-state index contributed by atoms with van der Waals surface area (Å²) in [5.74, 6) is -0.116. The number of carbonyl (C=O) groups is 2. The third-order valence-electron chi connectivity index (χ3n) is 3.76. The summed E-state index contributed by atoms with van der Waals surface area (Å²) in [5, 5.41) is 18.5. The summed E-state index contributed by atoms with van der Waals surface area (Å²) in [4.78, 5) is 24.8. The maximum absolute atomic E-state index is 12.6. The fraction of sp³-hybridized carbons (Fsp3) is 0.158. The molecule has 0 saturated carbocycles. The number of benzene rings is 1. The summed E-state index contributed by atoms with van der Waals surface area (Å²) in [7, 11) is 0. The minimum atomic E-state index is -0.423. The Morgan fingerprint density at radius 2 is 2.04 bits per heavy atom. The minimum Gasteiger partial charge on any atom is -0.444 e. The van der Waals surface area contributed by atoms with Crippen LogP contribution in [0.15, 0.2) is 51.6 Å². The fourth-order valence-corrected chi connectivity index (χ4v) is 2.83. The molecule has 0 bridgehead atoms. The van der Waals surface area contributed by atoms with E-state index in [4.69, 9.17) is 9.68 Å². The van der Waals surface area contributed by atoms with Crippen molar-refractivity contribution in [3.05, 3.63) is 64.2 Å². The van der Waals surface area contributed by atoms with Gasteiger partial charge in [0.05, 0.1) is 24.7 Å². The first-order chi connectivity index (χ1) is 13.5. The van der Waals surface area contributed by atoms with Crippen molar-refractivity contribution in [3.8, 4) is 6.07 Å². The number of aryl methyl sites for hydroxylation is 2. The molecule has 8 nitrogen and oxygen atoms in total. The Balaban J connectivity index is 1.72. The molecule has 2 amide bonds. The number of nitriles is 1. The van der Waals surface area contributed by atoms with E-state index in [9.17, 15) is 9.59 Å². The van der Waals surface area contributed by atoms with Crippen LogP contribution in [0.3, 0.4) is 0 Å². The van der Waals surface area contributed by atoms with E-state index in [0.29, 0.717) is 28.3 Å². The van der Waals surface area contributed by atoms with E-state index in [0.717, 1.165) is 5.69 Å². The second-order valence-corrected chi connectivity index (χ2v) is 6.68. The van der Waals surface area contributed by atoms with E-state index in [1.165, 1.54) is 0 Å². The highest BCUT2D eigenvalue weighted by Gasteiger charge is 2.14. The predicted octanol–water partition coefficient (Wildman–Crippen LogP) is 3.97. The summed E-state index contributed by atoms with van der Waals surface area (Å²) in [6.45, 7) is 2.19. The van der Waals surface area contributed by atoms with E-state index in [-0.39, 0.29) is 18.1 Å². The molecular weight excluding hydrogens is 426 g/mol. The highest BCUT2D eigenvalue weighted by atomic mass is 79.9. The van der Waals surface area contributed by atoms with Gasteiger partial charge in [0.2, 0.25) is 0 Å². The molecule has 2 heterocycles. The van der Waals surface area contributed by atoms with Crippen LogP contribution in [0.4, 0.5) is 11.5 Å². The number of nitrogens with one attached hydrogen (secondary N) is 2. The van der Waals surface area contributed by atoms with E-state index >= 15 is 0 Å². The zero-order valence-corrected chi connectivity index (χ0v) is 16.5. The number of nitrogens with zero attached hydrogens (tertiary/aromatic N) is 3. The first-order valence-corrected chi connectivity index (χ1v) is 9.15. The average molecular weight is 442 g/mol. The highest BCUT2D eigenvalue weighted by molar-refractivity contribution is 9.10. The van der Waals surface area contributed by atoms with Crippen molar-refractivity contribution in [1.29, 1.82) is 5.26 Å². The Bertz CT molecular complexity index is 1060.